The second-order valence-electron chi connectivity index (χ2n) is 3.69. The molecule has 1 aromatic carbocycles. The lowest BCUT2D eigenvalue weighted by Gasteiger charge is -2.16. The maximum atomic E-state index is 6.15. The number of benzene rings is 1. The van der Waals surface area contributed by atoms with Crippen LogP contribution in [-0.2, 0) is 6.42 Å². The molecule has 17 heavy (non-hydrogen) atoms. The molecule has 2 aromatic rings. The van der Waals surface area contributed by atoms with Crippen LogP contribution < -0.4 is 11.3 Å². The predicted octanol–water partition coefficient (Wildman–Crippen LogP) is 3.91. The minimum atomic E-state index is 0.0653. The average Bonchev–Trinajstić information content (AvgIpc) is 2.75. The van der Waals surface area contributed by atoms with Crippen molar-refractivity contribution in [1.29, 1.82) is 0 Å². The van der Waals surface area contributed by atoms with Crippen LogP contribution in [-0.4, -0.2) is 0 Å². The first-order valence-corrected chi connectivity index (χ1v) is 7.25. The number of hydrazine groups is 1. The summed E-state index contributed by atoms with van der Waals surface area (Å²) in [4.78, 5) is 0. The first-order chi connectivity index (χ1) is 8.22. The first-order valence-electron chi connectivity index (χ1n) is 5.13. The Morgan fingerprint density at radius 1 is 1.35 bits per heavy atom. The molecule has 1 unspecified atom stereocenters. The van der Waals surface area contributed by atoms with Crippen LogP contribution in [0, 0.1) is 0 Å². The van der Waals surface area contributed by atoms with Crippen LogP contribution in [0.5, 0.6) is 0 Å². The van der Waals surface area contributed by atoms with Crippen molar-refractivity contribution in [1.82, 2.24) is 5.43 Å². The van der Waals surface area contributed by atoms with Crippen LogP contribution in [0.2, 0.25) is 5.02 Å². The highest BCUT2D eigenvalue weighted by atomic mass is 79.9. The van der Waals surface area contributed by atoms with E-state index in [4.69, 9.17) is 17.4 Å². The first kappa shape index (κ1) is 13.1. The number of halogens is 2. The van der Waals surface area contributed by atoms with E-state index < -0.39 is 0 Å². The van der Waals surface area contributed by atoms with Gasteiger partial charge in [0.05, 0.1) is 6.04 Å². The van der Waals surface area contributed by atoms with Gasteiger partial charge in [0.1, 0.15) is 0 Å². The molecular formula is C12H12BrClN2S. The van der Waals surface area contributed by atoms with Crippen molar-refractivity contribution in [2.45, 2.75) is 12.5 Å². The Labute approximate surface area is 118 Å². The summed E-state index contributed by atoms with van der Waals surface area (Å²) < 4.78 is 1.08. The summed E-state index contributed by atoms with van der Waals surface area (Å²) in [5.74, 6) is 5.62. The van der Waals surface area contributed by atoms with Crippen LogP contribution in [0.1, 0.15) is 17.2 Å². The SMILES string of the molecule is NNC(Cc1ccccc1Cl)c1cscc1Br. The molecule has 2 nitrogen and oxygen atoms in total. The molecule has 1 atom stereocenters. The smallest absolute Gasteiger partial charge is 0.0520 e. The second-order valence-corrected chi connectivity index (χ2v) is 5.69. The molecule has 0 radical (unpaired) electrons. The summed E-state index contributed by atoms with van der Waals surface area (Å²) in [7, 11) is 0. The molecule has 90 valence electrons. The van der Waals surface area contributed by atoms with Gasteiger partial charge in [0.15, 0.2) is 0 Å². The van der Waals surface area contributed by atoms with Crippen LogP contribution in [0.4, 0.5) is 0 Å². The van der Waals surface area contributed by atoms with Gasteiger partial charge < -0.3 is 0 Å². The van der Waals surface area contributed by atoms with Gasteiger partial charge in [0.2, 0.25) is 0 Å². The summed E-state index contributed by atoms with van der Waals surface area (Å²) in [6, 6.07) is 7.89. The normalized spacial score (nSPS) is 12.6. The van der Waals surface area contributed by atoms with E-state index in [9.17, 15) is 0 Å². The van der Waals surface area contributed by atoms with Crippen molar-refractivity contribution in [2.24, 2.45) is 5.84 Å². The molecule has 5 heteroatoms. The van der Waals surface area contributed by atoms with Crippen molar-refractivity contribution in [3.05, 3.63) is 55.6 Å². The van der Waals surface area contributed by atoms with E-state index in [2.05, 4.69) is 26.7 Å². The molecule has 1 aromatic heterocycles. The molecule has 0 fully saturated rings. The monoisotopic (exact) mass is 330 g/mol. The molecule has 0 aliphatic carbocycles. The van der Waals surface area contributed by atoms with Gasteiger partial charge in [-0.1, -0.05) is 29.8 Å². The third-order valence-electron chi connectivity index (χ3n) is 2.60. The lowest BCUT2D eigenvalue weighted by Crippen LogP contribution is -2.29. The van der Waals surface area contributed by atoms with E-state index in [-0.39, 0.29) is 6.04 Å². The maximum Gasteiger partial charge on any atom is 0.0520 e. The van der Waals surface area contributed by atoms with Gasteiger partial charge in [-0.05, 0) is 44.9 Å². The zero-order chi connectivity index (χ0) is 12.3. The largest absolute Gasteiger partial charge is 0.271 e. The van der Waals surface area contributed by atoms with E-state index in [1.54, 1.807) is 11.3 Å². The Kier molecular flexibility index (Phi) is 4.59. The van der Waals surface area contributed by atoms with E-state index in [0.29, 0.717) is 0 Å². The van der Waals surface area contributed by atoms with Crippen LogP contribution in [0.15, 0.2) is 39.5 Å². The van der Waals surface area contributed by atoms with Crippen LogP contribution >= 0.6 is 38.9 Å². The van der Waals surface area contributed by atoms with Crippen molar-refractivity contribution in [2.75, 3.05) is 0 Å². The highest BCUT2D eigenvalue weighted by Crippen LogP contribution is 2.30. The van der Waals surface area contributed by atoms with Gasteiger partial charge in [-0.2, -0.15) is 11.3 Å². The van der Waals surface area contributed by atoms with Gasteiger partial charge in [0, 0.05) is 14.9 Å². The number of hydrogen-bond donors (Lipinski definition) is 2. The highest BCUT2D eigenvalue weighted by molar-refractivity contribution is 9.10. The number of thiophene rings is 1. The molecule has 0 spiro atoms. The van der Waals surface area contributed by atoms with Crippen molar-refractivity contribution >= 4 is 38.9 Å². The lowest BCUT2D eigenvalue weighted by atomic mass is 10.0. The summed E-state index contributed by atoms with van der Waals surface area (Å²) >= 11 is 11.3. The van der Waals surface area contributed by atoms with Crippen molar-refractivity contribution < 1.29 is 0 Å². The fraction of sp³-hybridized carbons (Fsp3) is 0.167. The van der Waals surface area contributed by atoms with Crippen molar-refractivity contribution in [3.8, 4) is 0 Å². The molecule has 2 rings (SSSR count). The van der Waals surface area contributed by atoms with Gasteiger partial charge in [-0.3, -0.25) is 11.3 Å². The fourth-order valence-electron chi connectivity index (χ4n) is 1.68. The quantitative estimate of drug-likeness (QED) is 0.658. The zero-order valence-electron chi connectivity index (χ0n) is 8.99. The number of nitrogens with two attached hydrogens (primary N) is 1. The molecule has 3 N–H and O–H groups in total. The number of hydrogen-bond acceptors (Lipinski definition) is 3. The van der Waals surface area contributed by atoms with Crippen molar-refractivity contribution in [3.63, 3.8) is 0 Å². The Bertz CT molecular complexity index is 501. The van der Waals surface area contributed by atoms with E-state index >= 15 is 0 Å². The van der Waals surface area contributed by atoms with E-state index in [1.165, 1.54) is 0 Å². The summed E-state index contributed by atoms with van der Waals surface area (Å²) in [6.45, 7) is 0. The number of rotatable bonds is 4. The Morgan fingerprint density at radius 3 is 2.71 bits per heavy atom. The van der Waals surface area contributed by atoms with Gasteiger partial charge in [0.25, 0.3) is 0 Å². The molecular weight excluding hydrogens is 320 g/mol. The third-order valence-corrected chi connectivity index (χ3v) is 4.72. The molecule has 0 bridgehead atoms. The van der Waals surface area contributed by atoms with E-state index in [1.807, 2.05) is 29.6 Å². The highest BCUT2D eigenvalue weighted by Gasteiger charge is 2.15. The van der Waals surface area contributed by atoms with Gasteiger partial charge in [-0.15, -0.1) is 0 Å². The molecule has 0 amide bonds. The summed E-state index contributed by atoms with van der Waals surface area (Å²) in [5, 5.41) is 4.91. The summed E-state index contributed by atoms with van der Waals surface area (Å²) in [5.41, 5.74) is 5.10. The molecule has 0 saturated heterocycles. The molecule has 1 heterocycles. The average molecular weight is 332 g/mol. The summed E-state index contributed by atoms with van der Waals surface area (Å²) in [6.07, 6.45) is 0.769. The van der Waals surface area contributed by atoms with Crippen LogP contribution in [0.25, 0.3) is 0 Å². The minimum absolute atomic E-state index is 0.0653. The zero-order valence-corrected chi connectivity index (χ0v) is 12.1. The maximum absolute atomic E-state index is 6.15. The van der Waals surface area contributed by atoms with Crippen LogP contribution in [0.3, 0.4) is 0 Å². The van der Waals surface area contributed by atoms with E-state index in [0.717, 1.165) is 27.0 Å². The molecule has 0 aliphatic heterocycles. The predicted molar refractivity (Wildman–Crippen MR) is 77.2 cm³/mol. The third kappa shape index (κ3) is 3.09. The van der Waals surface area contributed by atoms with Gasteiger partial charge >= 0.3 is 0 Å². The number of nitrogens with one attached hydrogen (secondary N) is 1. The minimum Gasteiger partial charge on any atom is -0.271 e. The molecule has 0 saturated carbocycles. The Morgan fingerprint density at radius 2 is 2.12 bits per heavy atom. The second kappa shape index (κ2) is 5.98. The molecule has 0 aliphatic rings. The van der Waals surface area contributed by atoms with Gasteiger partial charge in [-0.25, -0.2) is 0 Å². The Hall–Kier alpha value is -0.390. The fourth-order valence-corrected chi connectivity index (χ4v) is 3.52. The Balaban J connectivity index is 2.22. The lowest BCUT2D eigenvalue weighted by molar-refractivity contribution is 0.552. The topological polar surface area (TPSA) is 38.0 Å². The standard InChI is InChI=1S/C12H12BrClN2S/c13-10-7-17-6-9(10)12(16-15)5-8-3-1-2-4-11(8)14/h1-4,6-7,12,16H,5,15H2.